The average Bonchev–Trinajstić information content (AvgIpc) is 2.46. The highest BCUT2D eigenvalue weighted by molar-refractivity contribution is 5.76. The Morgan fingerprint density at radius 3 is 2.58 bits per heavy atom. The van der Waals surface area contributed by atoms with Gasteiger partial charge in [-0.3, -0.25) is 4.79 Å². The molecule has 1 aromatic heterocycles. The van der Waals surface area contributed by atoms with Crippen LogP contribution in [0.15, 0.2) is 6.07 Å². The molecule has 6 nitrogen and oxygen atoms in total. The number of carbonyl (C=O) groups excluding carboxylic acids is 1. The Labute approximate surface area is 113 Å². The number of hydrogen-bond donors (Lipinski definition) is 0. The van der Waals surface area contributed by atoms with E-state index in [4.69, 9.17) is 4.74 Å². The molecule has 0 atom stereocenters. The summed E-state index contributed by atoms with van der Waals surface area (Å²) in [6.45, 7) is 6.84. The largest absolute Gasteiger partial charge is 0.481 e. The second-order valence-electron chi connectivity index (χ2n) is 4.54. The Kier molecular flexibility index (Phi) is 4.19. The number of hydrogen-bond acceptors (Lipinski definition) is 5. The molecule has 104 valence electrons. The van der Waals surface area contributed by atoms with Crippen LogP contribution in [0.2, 0.25) is 0 Å². The molecule has 1 saturated heterocycles. The van der Waals surface area contributed by atoms with Gasteiger partial charge in [-0.15, -0.1) is 0 Å². The van der Waals surface area contributed by atoms with Crippen molar-refractivity contribution in [1.82, 2.24) is 14.9 Å². The normalized spacial score (nSPS) is 15.5. The summed E-state index contributed by atoms with van der Waals surface area (Å²) in [4.78, 5) is 24.3. The van der Waals surface area contributed by atoms with Crippen LogP contribution in [0.25, 0.3) is 0 Å². The molecule has 0 bridgehead atoms. The molecule has 1 aromatic rings. The molecule has 0 spiro atoms. The van der Waals surface area contributed by atoms with E-state index in [1.807, 2.05) is 24.8 Å². The van der Waals surface area contributed by atoms with Gasteiger partial charge >= 0.3 is 0 Å². The van der Waals surface area contributed by atoms with E-state index in [1.54, 1.807) is 7.11 Å². The molecule has 1 fully saturated rings. The monoisotopic (exact) mass is 264 g/mol. The summed E-state index contributed by atoms with van der Waals surface area (Å²) in [5.41, 5.74) is 0. The van der Waals surface area contributed by atoms with Gasteiger partial charge in [0.05, 0.1) is 7.11 Å². The number of aryl methyl sites for hydroxylation is 1. The highest BCUT2D eigenvalue weighted by atomic mass is 16.5. The molecule has 0 saturated carbocycles. The summed E-state index contributed by atoms with van der Waals surface area (Å²) in [6.07, 6.45) is 0.570. The number of piperazine rings is 1. The molecule has 1 aliphatic heterocycles. The van der Waals surface area contributed by atoms with E-state index in [0.29, 0.717) is 18.1 Å². The van der Waals surface area contributed by atoms with Gasteiger partial charge in [-0.05, 0) is 6.92 Å². The molecule has 1 aliphatic rings. The predicted octanol–water partition coefficient (Wildman–Crippen LogP) is 0.852. The van der Waals surface area contributed by atoms with Gasteiger partial charge in [0, 0.05) is 38.7 Å². The lowest BCUT2D eigenvalue weighted by atomic mass is 10.3. The van der Waals surface area contributed by atoms with Crippen LogP contribution in [0.5, 0.6) is 5.88 Å². The molecule has 6 heteroatoms. The van der Waals surface area contributed by atoms with Crippen LogP contribution in [0.3, 0.4) is 0 Å². The van der Waals surface area contributed by atoms with Crippen molar-refractivity contribution >= 4 is 11.7 Å². The summed E-state index contributed by atoms with van der Waals surface area (Å²) in [7, 11) is 1.60. The van der Waals surface area contributed by atoms with Crippen molar-refractivity contribution in [3.63, 3.8) is 0 Å². The Morgan fingerprint density at radius 2 is 2.00 bits per heavy atom. The third-order valence-corrected chi connectivity index (χ3v) is 3.27. The molecular weight excluding hydrogens is 244 g/mol. The third-order valence-electron chi connectivity index (χ3n) is 3.27. The van der Waals surface area contributed by atoms with E-state index in [1.165, 1.54) is 0 Å². The van der Waals surface area contributed by atoms with Crippen molar-refractivity contribution in [2.75, 3.05) is 38.2 Å². The van der Waals surface area contributed by atoms with E-state index >= 15 is 0 Å². The minimum atomic E-state index is 0.219. The summed E-state index contributed by atoms with van der Waals surface area (Å²) < 4.78 is 5.16. The highest BCUT2D eigenvalue weighted by Crippen LogP contribution is 2.18. The molecular formula is C13H20N4O2. The maximum atomic E-state index is 11.6. The molecule has 19 heavy (non-hydrogen) atoms. The fourth-order valence-corrected chi connectivity index (χ4v) is 2.20. The van der Waals surface area contributed by atoms with Crippen molar-refractivity contribution in [2.45, 2.75) is 20.3 Å². The first-order valence-corrected chi connectivity index (χ1v) is 6.56. The van der Waals surface area contributed by atoms with Gasteiger partial charge in [-0.2, -0.15) is 4.98 Å². The third kappa shape index (κ3) is 3.13. The maximum absolute atomic E-state index is 11.6. The summed E-state index contributed by atoms with van der Waals surface area (Å²) in [5, 5.41) is 0. The number of anilines is 1. The second-order valence-corrected chi connectivity index (χ2v) is 4.54. The Bertz CT molecular complexity index is 456. The van der Waals surface area contributed by atoms with Gasteiger partial charge in [0.25, 0.3) is 0 Å². The fourth-order valence-electron chi connectivity index (χ4n) is 2.20. The zero-order valence-corrected chi connectivity index (χ0v) is 11.7. The standard InChI is InChI=1S/C13H20N4O2/c1-4-13(18)17-7-5-16(6-8-17)11-9-12(19-3)15-10(2)14-11/h9H,4-8H2,1-3H3. The molecule has 0 N–H and O–H groups in total. The first kappa shape index (κ1) is 13.6. The summed E-state index contributed by atoms with van der Waals surface area (Å²) in [5.74, 6) is 2.36. The quantitative estimate of drug-likeness (QED) is 0.810. The Hall–Kier alpha value is -1.85. The zero-order valence-electron chi connectivity index (χ0n) is 11.7. The van der Waals surface area contributed by atoms with Crippen LogP contribution < -0.4 is 9.64 Å². The first-order chi connectivity index (χ1) is 9.13. The number of nitrogens with zero attached hydrogens (tertiary/aromatic N) is 4. The van der Waals surface area contributed by atoms with Gasteiger partial charge in [0.15, 0.2) is 0 Å². The molecule has 0 aromatic carbocycles. The lowest BCUT2D eigenvalue weighted by Gasteiger charge is -2.35. The van der Waals surface area contributed by atoms with Crippen LogP contribution in [0, 0.1) is 6.92 Å². The Morgan fingerprint density at radius 1 is 1.32 bits per heavy atom. The number of rotatable bonds is 3. The summed E-state index contributed by atoms with van der Waals surface area (Å²) in [6, 6.07) is 1.84. The number of carbonyl (C=O) groups is 1. The Balaban J connectivity index is 2.05. The minimum Gasteiger partial charge on any atom is -0.481 e. The van der Waals surface area contributed by atoms with Crippen LogP contribution in [0.1, 0.15) is 19.2 Å². The predicted molar refractivity (Wildman–Crippen MR) is 72.4 cm³/mol. The van der Waals surface area contributed by atoms with Gasteiger partial charge in [0.2, 0.25) is 11.8 Å². The van der Waals surface area contributed by atoms with Gasteiger partial charge in [-0.1, -0.05) is 6.92 Å². The van der Waals surface area contributed by atoms with E-state index < -0.39 is 0 Å². The maximum Gasteiger partial charge on any atom is 0.222 e. The highest BCUT2D eigenvalue weighted by Gasteiger charge is 2.21. The van der Waals surface area contributed by atoms with E-state index in [0.717, 1.165) is 32.0 Å². The fraction of sp³-hybridized carbons (Fsp3) is 0.615. The molecule has 2 heterocycles. The van der Waals surface area contributed by atoms with Crippen molar-refractivity contribution in [1.29, 1.82) is 0 Å². The van der Waals surface area contributed by atoms with Crippen molar-refractivity contribution in [3.05, 3.63) is 11.9 Å². The van der Waals surface area contributed by atoms with Crippen molar-refractivity contribution in [3.8, 4) is 5.88 Å². The van der Waals surface area contributed by atoms with Gasteiger partial charge in [-0.25, -0.2) is 4.98 Å². The number of amides is 1. The molecule has 0 unspecified atom stereocenters. The smallest absolute Gasteiger partial charge is 0.222 e. The van der Waals surface area contributed by atoms with Crippen LogP contribution in [-0.2, 0) is 4.79 Å². The molecule has 0 radical (unpaired) electrons. The minimum absolute atomic E-state index is 0.219. The molecule has 2 rings (SSSR count). The van der Waals surface area contributed by atoms with Crippen molar-refractivity contribution < 1.29 is 9.53 Å². The lowest BCUT2D eigenvalue weighted by molar-refractivity contribution is -0.131. The topological polar surface area (TPSA) is 58.6 Å². The molecule has 0 aliphatic carbocycles. The average molecular weight is 264 g/mol. The number of aromatic nitrogens is 2. The van der Waals surface area contributed by atoms with Crippen molar-refractivity contribution in [2.24, 2.45) is 0 Å². The second kappa shape index (κ2) is 5.86. The zero-order chi connectivity index (χ0) is 13.8. The van der Waals surface area contributed by atoms with E-state index in [9.17, 15) is 4.79 Å². The SMILES string of the molecule is CCC(=O)N1CCN(c2cc(OC)nc(C)n2)CC1. The van der Waals surface area contributed by atoms with Gasteiger partial charge < -0.3 is 14.5 Å². The van der Waals surface area contributed by atoms with E-state index in [-0.39, 0.29) is 5.91 Å². The van der Waals surface area contributed by atoms with Crippen LogP contribution in [0.4, 0.5) is 5.82 Å². The van der Waals surface area contributed by atoms with Gasteiger partial charge in [0.1, 0.15) is 11.6 Å². The number of ether oxygens (including phenoxy) is 1. The lowest BCUT2D eigenvalue weighted by Crippen LogP contribution is -2.48. The summed E-state index contributed by atoms with van der Waals surface area (Å²) >= 11 is 0. The molecule has 1 amide bonds. The number of methoxy groups -OCH3 is 1. The van der Waals surface area contributed by atoms with E-state index in [2.05, 4.69) is 14.9 Å². The first-order valence-electron chi connectivity index (χ1n) is 6.56. The van der Waals surface area contributed by atoms with Crippen LogP contribution >= 0.6 is 0 Å². The van der Waals surface area contributed by atoms with Crippen LogP contribution in [-0.4, -0.2) is 54.1 Å².